The minimum Gasteiger partial charge on any atom is -0.497 e. The highest BCUT2D eigenvalue weighted by atomic mass is 16.5. The summed E-state index contributed by atoms with van der Waals surface area (Å²) in [5.74, 6) is 0.424. The fourth-order valence-electron chi connectivity index (χ4n) is 2.43. The summed E-state index contributed by atoms with van der Waals surface area (Å²) in [4.78, 5) is 15.4. The Bertz CT molecular complexity index is 787. The first-order valence-electron chi connectivity index (χ1n) is 6.58. The molecule has 1 N–H and O–H groups in total. The predicted octanol–water partition coefficient (Wildman–Crippen LogP) is 3.63. The molecule has 0 radical (unpaired) electrons. The van der Waals surface area contributed by atoms with Gasteiger partial charge in [-0.05, 0) is 35.9 Å². The van der Waals surface area contributed by atoms with Crippen LogP contribution in [-0.2, 0) is 4.74 Å². The predicted molar refractivity (Wildman–Crippen MR) is 81.6 cm³/mol. The van der Waals surface area contributed by atoms with Crippen LogP contribution in [-0.4, -0.2) is 25.2 Å². The van der Waals surface area contributed by atoms with Crippen LogP contribution in [0.5, 0.6) is 5.75 Å². The molecular weight excluding hydrogens is 266 g/mol. The molecule has 0 unspecified atom stereocenters. The quantitative estimate of drug-likeness (QED) is 0.746. The van der Waals surface area contributed by atoms with E-state index in [9.17, 15) is 4.79 Å². The number of benzene rings is 2. The first-order valence-corrected chi connectivity index (χ1v) is 6.58. The van der Waals surface area contributed by atoms with Crippen molar-refractivity contribution in [1.82, 2.24) is 4.98 Å². The number of aromatic amines is 1. The molecule has 0 bridgehead atoms. The Labute approximate surface area is 122 Å². The van der Waals surface area contributed by atoms with Crippen LogP contribution >= 0.6 is 0 Å². The summed E-state index contributed by atoms with van der Waals surface area (Å²) in [6, 6.07) is 15.2. The summed E-state index contributed by atoms with van der Waals surface area (Å²) in [5.41, 5.74) is 3.13. The van der Waals surface area contributed by atoms with Crippen LogP contribution in [0.15, 0.2) is 48.5 Å². The summed E-state index contributed by atoms with van der Waals surface area (Å²) in [5, 5.41) is 0.857. The Morgan fingerprint density at radius 1 is 1.00 bits per heavy atom. The van der Waals surface area contributed by atoms with E-state index < -0.39 is 0 Å². The van der Waals surface area contributed by atoms with Gasteiger partial charge in [0.15, 0.2) is 0 Å². The van der Waals surface area contributed by atoms with E-state index in [-0.39, 0.29) is 5.97 Å². The van der Waals surface area contributed by atoms with Crippen molar-refractivity contribution in [2.75, 3.05) is 14.2 Å². The second-order valence-corrected chi connectivity index (χ2v) is 4.64. The third-order valence-corrected chi connectivity index (χ3v) is 3.47. The fraction of sp³-hybridized carbons (Fsp3) is 0.118. The Hall–Kier alpha value is -2.75. The number of ether oxygens (including phenoxy) is 2. The van der Waals surface area contributed by atoms with E-state index in [4.69, 9.17) is 9.47 Å². The SMILES string of the molecule is COC(=O)c1c(-c2ccc(OC)cc2)[nH]c2ccccc12. The summed E-state index contributed by atoms with van der Waals surface area (Å²) in [6.45, 7) is 0. The van der Waals surface area contributed by atoms with Crippen molar-refractivity contribution in [3.05, 3.63) is 54.1 Å². The molecule has 4 heteroatoms. The van der Waals surface area contributed by atoms with E-state index in [2.05, 4.69) is 4.98 Å². The van der Waals surface area contributed by atoms with Crippen molar-refractivity contribution in [3.8, 4) is 17.0 Å². The first kappa shape index (κ1) is 13.2. The number of carbonyl (C=O) groups excluding carboxylic acids is 1. The number of hydrogen-bond donors (Lipinski definition) is 1. The third-order valence-electron chi connectivity index (χ3n) is 3.47. The lowest BCUT2D eigenvalue weighted by molar-refractivity contribution is 0.0604. The van der Waals surface area contributed by atoms with Crippen molar-refractivity contribution >= 4 is 16.9 Å². The van der Waals surface area contributed by atoms with Crippen LogP contribution in [0.1, 0.15) is 10.4 Å². The van der Waals surface area contributed by atoms with Gasteiger partial charge in [-0.1, -0.05) is 18.2 Å². The largest absolute Gasteiger partial charge is 0.497 e. The van der Waals surface area contributed by atoms with Gasteiger partial charge in [-0.2, -0.15) is 0 Å². The van der Waals surface area contributed by atoms with Gasteiger partial charge in [0.2, 0.25) is 0 Å². The number of aromatic nitrogens is 1. The molecule has 0 spiro atoms. The molecule has 0 atom stereocenters. The summed E-state index contributed by atoms with van der Waals surface area (Å²) < 4.78 is 10.1. The third kappa shape index (κ3) is 2.25. The molecule has 1 heterocycles. The molecule has 0 aliphatic heterocycles. The number of carbonyl (C=O) groups is 1. The monoisotopic (exact) mass is 281 g/mol. The van der Waals surface area contributed by atoms with Gasteiger partial charge in [-0.15, -0.1) is 0 Å². The van der Waals surface area contributed by atoms with Gasteiger partial charge in [-0.25, -0.2) is 4.79 Å². The molecule has 0 aliphatic carbocycles. The van der Waals surface area contributed by atoms with Crippen LogP contribution in [0.2, 0.25) is 0 Å². The summed E-state index contributed by atoms with van der Waals surface area (Å²) in [6.07, 6.45) is 0. The molecule has 0 amide bonds. The number of H-pyrrole nitrogens is 1. The second kappa shape index (κ2) is 5.32. The van der Waals surface area contributed by atoms with Gasteiger partial charge < -0.3 is 14.5 Å². The number of hydrogen-bond acceptors (Lipinski definition) is 3. The molecule has 3 rings (SSSR count). The van der Waals surface area contributed by atoms with Crippen LogP contribution in [0, 0.1) is 0 Å². The number of esters is 1. The van der Waals surface area contributed by atoms with Crippen molar-refractivity contribution in [2.45, 2.75) is 0 Å². The van der Waals surface area contributed by atoms with Crippen molar-refractivity contribution in [3.63, 3.8) is 0 Å². The smallest absolute Gasteiger partial charge is 0.340 e. The molecule has 0 saturated heterocycles. The summed E-state index contributed by atoms with van der Waals surface area (Å²) >= 11 is 0. The van der Waals surface area contributed by atoms with E-state index in [1.165, 1.54) is 7.11 Å². The van der Waals surface area contributed by atoms with Crippen LogP contribution in [0.4, 0.5) is 0 Å². The maximum Gasteiger partial charge on any atom is 0.340 e. The molecule has 0 fully saturated rings. The second-order valence-electron chi connectivity index (χ2n) is 4.64. The average Bonchev–Trinajstić information content (AvgIpc) is 2.93. The van der Waals surface area contributed by atoms with Crippen LogP contribution < -0.4 is 4.74 Å². The van der Waals surface area contributed by atoms with Gasteiger partial charge in [0, 0.05) is 10.9 Å². The molecular formula is C17H15NO3. The molecule has 106 valence electrons. The number of rotatable bonds is 3. The van der Waals surface area contributed by atoms with Gasteiger partial charge in [0.25, 0.3) is 0 Å². The van der Waals surface area contributed by atoms with Crippen LogP contribution in [0.25, 0.3) is 22.2 Å². The standard InChI is InChI=1S/C17H15NO3/c1-20-12-9-7-11(8-10-12)16-15(17(19)21-2)13-5-3-4-6-14(13)18-16/h3-10,18H,1-2H3. The number of para-hydroxylation sites is 1. The zero-order valence-corrected chi connectivity index (χ0v) is 11.8. The highest BCUT2D eigenvalue weighted by Crippen LogP contribution is 2.31. The lowest BCUT2D eigenvalue weighted by atomic mass is 10.1. The highest BCUT2D eigenvalue weighted by Gasteiger charge is 2.19. The van der Waals surface area contributed by atoms with Gasteiger partial charge >= 0.3 is 5.97 Å². The molecule has 21 heavy (non-hydrogen) atoms. The zero-order valence-electron chi connectivity index (χ0n) is 11.8. The maximum atomic E-state index is 12.1. The van der Waals surface area contributed by atoms with E-state index in [0.717, 1.165) is 27.9 Å². The Morgan fingerprint density at radius 2 is 1.71 bits per heavy atom. The fourth-order valence-corrected chi connectivity index (χ4v) is 2.43. The lowest BCUT2D eigenvalue weighted by Crippen LogP contribution is -2.02. The van der Waals surface area contributed by atoms with Crippen molar-refractivity contribution in [1.29, 1.82) is 0 Å². The highest BCUT2D eigenvalue weighted by molar-refractivity contribution is 6.10. The van der Waals surface area contributed by atoms with E-state index in [1.807, 2.05) is 48.5 Å². The number of fused-ring (bicyclic) bond motifs is 1. The summed E-state index contributed by atoms with van der Waals surface area (Å²) in [7, 11) is 3.01. The number of methoxy groups -OCH3 is 2. The average molecular weight is 281 g/mol. The minimum absolute atomic E-state index is 0.349. The Balaban J connectivity index is 2.22. The van der Waals surface area contributed by atoms with Gasteiger partial charge in [0.05, 0.1) is 25.5 Å². The van der Waals surface area contributed by atoms with E-state index in [0.29, 0.717) is 5.56 Å². The Kier molecular flexibility index (Phi) is 3.36. The normalized spacial score (nSPS) is 10.6. The molecule has 2 aromatic carbocycles. The van der Waals surface area contributed by atoms with Gasteiger partial charge in [0.1, 0.15) is 5.75 Å². The maximum absolute atomic E-state index is 12.1. The zero-order chi connectivity index (χ0) is 14.8. The van der Waals surface area contributed by atoms with Crippen LogP contribution in [0.3, 0.4) is 0 Å². The lowest BCUT2D eigenvalue weighted by Gasteiger charge is -2.05. The molecule has 0 aliphatic rings. The van der Waals surface area contributed by atoms with Crippen molar-refractivity contribution < 1.29 is 14.3 Å². The molecule has 0 saturated carbocycles. The number of nitrogens with one attached hydrogen (secondary N) is 1. The minimum atomic E-state index is -0.349. The molecule has 4 nitrogen and oxygen atoms in total. The van der Waals surface area contributed by atoms with E-state index >= 15 is 0 Å². The molecule has 3 aromatic rings. The first-order chi connectivity index (χ1) is 10.2. The topological polar surface area (TPSA) is 51.3 Å². The van der Waals surface area contributed by atoms with Gasteiger partial charge in [-0.3, -0.25) is 0 Å². The van der Waals surface area contributed by atoms with Crippen molar-refractivity contribution in [2.24, 2.45) is 0 Å². The molecule has 1 aromatic heterocycles. The van der Waals surface area contributed by atoms with E-state index in [1.54, 1.807) is 7.11 Å². The Morgan fingerprint density at radius 3 is 2.38 bits per heavy atom.